The van der Waals surface area contributed by atoms with Crippen molar-refractivity contribution in [1.29, 1.82) is 5.26 Å². The van der Waals surface area contributed by atoms with Crippen LogP contribution in [0.3, 0.4) is 0 Å². The van der Waals surface area contributed by atoms with Crippen molar-refractivity contribution in [2.75, 3.05) is 6.61 Å². The standard InChI is InChI=1S/C10H12N2O3/c1-3-15-9(13)4-7-8(5-11)6(2)12-10(7)14/h7H,3-4H2,1-2H3,(H,12,14). The summed E-state index contributed by atoms with van der Waals surface area (Å²) in [6.07, 6.45) is -0.0695. The average Bonchev–Trinajstić information content (AvgIpc) is 2.42. The van der Waals surface area contributed by atoms with E-state index in [9.17, 15) is 9.59 Å². The summed E-state index contributed by atoms with van der Waals surface area (Å²) < 4.78 is 4.73. The van der Waals surface area contributed by atoms with E-state index in [1.165, 1.54) is 0 Å². The molecule has 1 N–H and O–H groups in total. The minimum absolute atomic E-state index is 0.0695. The number of ether oxygens (including phenoxy) is 1. The molecule has 1 rings (SSSR count). The molecule has 5 nitrogen and oxygen atoms in total. The third-order valence-electron chi connectivity index (χ3n) is 2.18. The number of nitrogens with zero attached hydrogens (tertiary/aromatic N) is 1. The molecule has 0 aromatic carbocycles. The zero-order chi connectivity index (χ0) is 11.4. The fourth-order valence-corrected chi connectivity index (χ4v) is 1.47. The second kappa shape index (κ2) is 4.60. The van der Waals surface area contributed by atoms with E-state index in [1.54, 1.807) is 13.8 Å². The lowest BCUT2D eigenvalue weighted by Crippen LogP contribution is -2.24. The predicted octanol–water partition coefficient (Wildman–Crippen LogP) is 0.483. The molecule has 0 aromatic rings. The number of hydrogen-bond donors (Lipinski definition) is 1. The first-order valence-electron chi connectivity index (χ1n) is 4.67. The van der Waals surface area contributed by atoms with Gasteiger partial charge in [0.1, 0.15) is 0 Å². The highest BCUT2D eigenvalue weighted by Crippen LogP contribution is 2.24. The van der Waals surface area contributed by atoms with Crippen LogP contribution in [-0.2, 0) is 14.3 Å². The predicted molar refractivity (Wildman–Crippen MR) is 51.2 cm³/mol. The van der Waals surface area contributed by atoms with Crippen LogP contribution >= 0.6 is 0 Å². The molecule has 1 atom stereocenters. The number of carbonyl (C=O) groups is 2. The van der Waals surface area contributed by atoms with E-state index in [-0.39, 0.29) is 18.9 Å². The number of nitrogens with one attached hydrogen (secondary N) is 1. The summed E-state index contributed by atoms with van der Waals surface area (Å²) in [5.74, 6) is -1.45. The van der Waals surface area contributed by atoms with Gasteiger partial charge >= 0.3 is 5.97 Å². The van der Waals surface area contributed by atoms with Gasteiger partial charge in [0.2, 0.25) is 5.91 Å². The van der Waals surface area contributed by atoms with Crippen LogP contribution < -0.4 is 5.32 Å². The van der Waals surface area contributed by atoms with Gasteiger partial charge in [-0.25, -0.2) is 0 Å². The lowest BCUT2D eigenvalue weighted by Gasteiger charge is -2.06. The second-order valence-electron chi connectivity index (χ2n) is 3.20. The van der Waals surface area contributed by atoms with E-state index in [0.29, 0.717) is 11.3 Å². The van der Waals surface area contributed by atoms with Gasteiger partial charge in [0.25, 0.3) is 0 Å². The lowest BCUT2D eigenvalue weighted by atomic mass is 9.98. The molecule has 0 fully saturated rings. The van der Waals surface area contributed by atoms with Crippen LogP contribution in [0, 0.1) is 17.2 Å². The first-order chi connectivity index (χ1) is 7.10. The number of hydrogen-bond acceptors (Lipinski definition) is 4. The van der Waals surface area contributed by atoms with Gasteiger partial charge in [0, 0.05) is 5.70 Å². The Kier molecular flexibility index (Phi) is 3.45. The normalized spacial score (nSPS) is 19.8. The van der Waals surface area contributed by atoms with Crippen molar-refractivity contribution in [1.82, 2.24) is 5.32 Å². The summed E-state index contributed by atoms with van der Waals surface area (Å²) in [6, 6.07) is 1.93. The van der Waals surface area contributed by atoms with Crippen molar-refractivity contribution in [3.8, 4) is 6.07 Å². The van der Waals surface area contributed by atoms with Crippen molar-refractivity contribution in [3.63, 3.8) is 0 Å². The highest BCUT2D eigenvalue weighted by atomic mass is 16.5. The second-order valence-corrected chi connectivity index (χ2v) is 3.20. The Labute approximate surface area is 87.7 Å². The van der Waals surface area contributed by atoms with Crippen LogP contribution in [0.25, 0.3) is 0 Å². The molecular weight excluding hydrogens is 196 g/mol. The maximum atomic E-state index is 11.4. The molecule has 0 aliphatic carbocycles. The molecule has 1 heterocycles. The maximum absolute atomic E-state index is 11.4. The third kappa shape index (κ3) is 2.34. The fraction of sp³-hybridized carbons (Fsp3) is 0.500. The molecule has 0 saturated carbocycles. The maximum Gasteiger partial charge on any atom is 0.306 e. The van der Waals surface area contributed by atoms with Gasteiger partial charge in [-0.05, 0) is 13.8 Å². The Balaban J connectivity index is 2.74. The monoisotopic (exact) mass is 208 g/mol. The van der Waals surface area contributed by atoms with Gasteiger partial charge in [-0.3, -0.25) is 9.59 Å². The number of amides is 1. The Morgan fingerprint density at radius 3 is 2.87 bits per heavy atom. The summed E-state index contributed by atoms with van der Waals surface area (Å²) in [6.45, 7) is 3.61. The van der Waals surface area contributed by atoms with Crippen LogP contribution in [0.15, 0.2) is 11.3 Å². The smallest absolute Gasteiger partial charge is 0.306 e. The van der Waals surface area contributed by atoms with E-state index >= 15 is 0 Å². The lowest BCUT2D eigenvalue weighted by molar-refractivity contribution is -0.145. The van der Waals surface area contributed by atoms with Gasteiger partial charge in [0.05, 0.1) is 30.6 Å². The fourth-order valence-electron chi connectivity index (χ4n) is 1.47. The van der Waals surface area contributed by atoms with Gasteiger partial charge < -0.3 is 10.1 Å². The summed E-state index contributed by atoms with van der Waals surface area (Å²) in [7, 11) is 0. The van der Waals surface area contributed by atoms with Crippen molar-refractivity contribution in [2.24, 2.45) is 5.92 Å². The van der Waals surface area contributed by atoms with E-state index in [2.05, 4.69) is 5.32 Å². The molecule has 5 heteroatoms. The van der Waals surface area contributed by atoms with Gasteiger partial charge in [-0.1, -0.05) is 0 Å². The molecule has 15 heavy (non-hydrogen) atoms. The minimum atomic E-state index is -0.686. The summed E-state index contributed by atoms with van der Waals surface area (Å²) in [4.78, 5) is 22.6. The van der Waals surface area contributed by atoms with Crippen LogP contribution in [0.5, 0.6) is 0 Å². The number of esters is 1. The molecule has 0 radical (unpaired) electrons. The van der Waals surface area contributed by atoms with Crippen molar-refractivity contribution >= 4 is 11.9 Å². The van der Waals surface area contributed by atoms with E-state index in [4.69, 9.17) is 10.00 Å². The molecule has 0 aromatic heterocycles. The van der Waals surface area contributed by atoms with Crippen LogP contribution in [0.2, 0.25) is 0 Å². The quantitative estimate of drug-likeness (QED) is 0.684. The SMILES string of the molecule is CCOC(=O)CC1C(=O)NC(C)=C1C#N. The molecule has 0 saturated heterocycles. The number of carbonyl (C=O) groups excluding carboxylic acids is 2. The summed E-state index contributed by atoms with van der Waals surface area (Å²) in [5.41, 5.74) is 0.852. The Bertz CT molecular complexity index is 365. The van der Waals surface area contributed by atoms with E-state index in [1.807, 2.05) is 6.07 Å². The Hall–Kier alpha value is -1.83. The first kappa shape index (κ1) is 11.2. The molecule has 0 bridgehead atoms. The number of nitriles is 1. The molecule has 1 aliphatic heterocycles. The van der Waals surface area contributed by atoms with Crippen molar-refractivity contribution < 1.29 is 14.3 Å². The van der Waals surface area contributed by atoms with Gasteiger partial charge in [-0.2, -0.15) is 5.26 Å². The number of allylic oxidation sites excluding steroid dienone is 1. The highest BCUT2D eigenvalue weighted by molar-refractivity contribution is 5.91. The summed E-state index contributed by atoms with van der Waals surface area (Å²) in [5, 5.41) is 11.3. The molecule has 0 spiro atoms. The summed E-state index contributed by atoms with van der Waals surface area (Å²) >= 11 is 0. The molecular formula is C10H12N2O3. The van der Waals surface area contributed by atoms with Crippen LogP contribution in [0.4, 0.5) is 0 Å². The van der Waals surface area contributed by atoms with Crippen molar-refractivity contribution in [3.05, 3.63) is 11.3 Å². The topological polar surface area (TPSA) is 79.2 Å². The average molecular weight is 208 g/mol. The van der Waals surface area contributed by atoms with E-state index < -0.39 is 11.9 Å². The zero-order valence-electron chi connectivity index (χ0n) is 8.66. The van der Waals surface area contributed by atoms with Crippen LogP contribution in [-0.4, -0.2) is 18.5 Å². The molecule has 1 unspecified atom stereocenters. The molecule has 1 aliphatic rings. The van der Waals surface area contributed by atoms with E-state index in [0.717, 1.165) is 0 Å². The molecule has 1 amide bonds. The largest absolute Gasteiger partial charge is 0.466 e. The Morgan fingerprint density at radius 1 is 1.67 bits per heavy atom. The van der Waals surface area contributed by atoms with Gasteiger partial charge in [0.15, 0.2) is 0 Å². The third-order valence-corrected chi connectivity index (χ3v) is 2.18. The van der Waals surface area contributed by atoms with Crippen LogP contribution in [0.1, 0.15) is 20.3 Å². The zero-order valence-corrected chi connectivity index (χ0v) is 8.66. The number of rotatable bonds is 3. The minimum Gasteiger partial charge on any atom is -0.466 e. The van der Waals surface area contributed by atoms with Gasteiger partial charge in [-0.15, -0.1) is 0 Å². The first-order valence-corrected chi connectivity index (χ1v) is 4.67. The molecule has 80 valence electrons. The van der Waals surface area contributed by atoms with Crippen molar-refractivity contribution in [2.45, 2.75) is 20.3 Å². The Morgan fingerprint density at radius 2 is 2.33 bits per heavy atom. The highest BCUT2D eigenvalue weighted by Gasteiger charge is 2.33.